The molecule has 232 valence electrons. The molecule has 2 aliphatic rings. The molecule has 5 N–H and O–H groups in total. The van der Waals surface area contributed by atoms with Gasteiger partial charge in [-0.2, -0.15) is 0 Å². The van der Waals surface area contributed by atoms with Crippen LogP contribution in [0.1, 0.15) is 65.0 Å². The molecule has 2 fully saturated rings. The number of piperidine rings is 1. The molecule has 5 amide bonds. The molecule has 0 saturated carbocycles. The molecule has 42 heavy (non-hydrogen) atoms. The second kappa shape index (κ2) is 15.5. The predicted octanol–water partition coefficient (Wildman–Crippen LogP) is 0.643. The number of likely N-dealkylation sites (tertiary alicyclic amines) is 1. The Morgan fingerprint density at radius 3 is 2.26 bits per heavy atom. The molecule has 12 heteroatoms. The van der Waals surface area contributed by atoms with Gasteiger partial charge in [0.05, 0.1) is 0 Å². The number of hydrogen-bond acceptors (Lipinski definition) is 6. The summed E-state index contributed by atoms with van der Waals surface area (Å²) in [7, 11) is 2.11. The molecule has 11 nitrogen and oxygen atoms in total. The SMILES string of the molecule is CC[C@@H]1NC(=O)[C@@H](C[AsH]C2CCN(C)CC2)NC(=O)[C@](C)(NC(=O)C(C)C)CCNC(=O)[C@@H](c2ccccc2)NC1=O. The molecule has 1 aromatic rings. The van der Waals surface area contributed by atoms with Crippen molar-refractivity contribution in [3.8, 4) is 0 Å². The van der Waals surface area contributed by atoms with Gasteiger partial charge in [0, 0.05) is 0 Å². The minimum atomic E-state index is -1.37. The number of carbonyl (C=O) groups is 5. The van der Waals surface area contributed by atoms with Crippen LogP contribution in [0.3, 0.4) is 0 Å². The average molecular weight is 647 g/mol. The predicted molar refractivity (Wildman–Crippen MR) is 163 cm³/mol. The van der Waals surface area contributed by atoms with E-state index >= 15 is 0 Å². The van der Waals surface area contributed by atoms with E-state index in [9.17, 15) is 24.0 Å². The summed E-state index contributed by atoms with van der Waals surface area (Å²) in [6.45, 7) is 8.98. The topological polar surface area (TPSA) is 149 Å². The van der Waals surface area contributed by atoms with Gasteiger partial charge in [-0.1, -0.05) is 0 Å². The van der Waals surface area contributed by atoms with Crippen LogP contribution in [0.25, 0.3) is 0 Å². The molecular weight excluding hydrogens is 599 g/mol. The number of benzene rings is 1. The maximum absolute atomic E-state index is 13.8. The van der Waals surface area contributed by atoms with E-state index in [1.165, 1.54) is 0 Å². The van der Waals surface area contributed by atoms with E-state index in [0.29, 0.717) is 21.9 Å². The Labute approximate surface area is 255 Å². The molecule has 1 unspecified atom stereocenters. The molecule has 1 aromatic carbocycles. The van der Waals surface area contributed by atoms with Crippen molar-refractivity contribution in [1.82, 2.24) is 31.5 Å². The zero-order valence-electron chi connectivity index (χ0n) is 25.4. The third-order valence-electron chi connectivity index (χ3n) is 8.02. The average Bonchev–Trinajstić information content (AvgIpc) is 2.96. The molecule has 3 rings (SSSR count). The van der Waals surface area contributed by atoms with E-state index < -0.39 is 63.0 Å². The van der Waals surface area contributed by atoms with E-state index in [2.05, 4.69) is 38.5 Å². The van der Waals surface area contributed by atoms with E-state index in [1.807, 2.05) is 6.07 Å². The van der Waals surface area contributed by atoms with Crippen molar-refractivity contribution in [2.45, 2.75) is 87.0 Å². The van der Waals surface area contributed by atoms with Crippen LogP contribution in [0.2, 0.25) is 9.91 Å². The molecule has 0 aromatic heterocycles. The van der Waals surface area contributed by atoms with Gasteiger partial charge in [0.25, 0.3) is 0 Å². The molecular formula is C30H47AsN6O5. The van der Waals surface area contributed by atoms with Crippen LogP contribution in [-0.2, 0) is 24.0 Å². The second-order valence-electron chi connectivity index (χ2n) is 11.9. The quantitative estimate of drug-likeness (QED) is 0.275. The monoisotopic (exact) mass is 646 g/mol. The molecule has 2 aliphatic heterocycles. The Kier molecular flexibility index (Phi) is 12.4. The summed E-state index contributed by atoms with van der Waals surface area (Å²) in [6.07, 6.45) is 2.54. The molecule has 0 bridgehead atoms. The van der Waals surface area contributed by atoms with Crippen LogP contribution in [0.15, 0.2) is 30.3 Å². The zero-order chi connectivity index (χ0) is 30.9. The fourth-order valence-electron chi connectivity index (χ4n) is 5.02. The van der Waals surface area contributed by atoms with Crippen LogP contribution in [0, 0.1) is 5.92 Å². The fourth-order valence-corrected chi connectivity index (χ4v) is 8.22. The number of rotatable bonds is 7. The number of carbonyl (C=O) groups excluding carboxylic acids is 5. The molecule has 2 saturated heterocycles. The summed E-state index contributed by atoms with van der Waals surface area (Å²) in [5.74, 6) is -2.52. The van der Waals surface area contributed by atoms with Crippen molar-refractivity contribution < 1.29 is 24.0 Å². The first kappa shape index (κ1) is 33.6. The fraction of sp³-hybridized carbons (Fsp3) is 0.633. The summed E-state index contributed by atoms with van der Waals surface area (Å²) < 4.78 is 0.554. The number of nitrogens with zero attached hydrogens (tertiary/aromatic N) is 1. The Balaban J connectivity index is 1.92. The minimum absolute atomic E-state index is 0.0673. The van der Waals surface area contributed by atoms with Crippen molar-refractivity contribution in [3.63, 3.8) is 0 Å². The first-order valence-electron chi connectivity index (χ1n) is 14.9. The first-order chi connectivity index (χ1) is 19.9. The summed E-state index contributed by atoms with van der Waals surface area (Å²) >= 11 is -0.588. The van der Waals surface area contributed by atoms with Crippen LogP contribution in [-0.4, -0.2) is 94.5 Å². The third-order valence-corrected chi connectivity index (χ3v) is 11.8. The van der Waals surface area contributed by atoms with Crippen LogP contribution in [0.4, 0.5) is 0 Å². The van der Waals surface area contributed by atoms with Crippen LogP contribution >= 0.6 is 0 Å². The summed E-state index contributed by atoms with van der Waals surface area (Å²) in [5.41, 5.74) is -0.785. The van der Waals surface area contributed by atoms with Crippen molar-refractivity contribution in [2.24, 2.45) is 5.92 Å². The van der Waals surface area contributed by atoms with Gasteiger partial charge in [-0.25, -0.2) is 0 Å². The number of nitrogens with one attached hydrogen (secondary N) is 5. The van der Waals surface area contributed by atoms with Gasteiger partial charge in [-0.15, -0.1) is 0 Å². The first-order valence-corrected chi connectivity index (χ1v) is 17.6. The normalized spacial score (nSPS) is 27.6. The van der Waals surface area contributed by atoms with Gasteiger partial charge in [-0.3, -0.25) is 0 Å². The Morgan fingerprint density at radius 2 is 1.64 bits per heavy atom. The molecule has 2 heterocycles. The van der Waals surface area contributed by atoms with Crippen molar-refractivity contribution >= 4 is 45.3 Å². The van der Waals surface area contributed by atoms with Gasteiger partial charge in [-0.05, 0) is 0 Å². The number of hydrogen-bond donors (Lipinski definition) is 5. The van der Waals surface area contributed by atoms with Crippen LogP contribution in [0.5, 0.6) is 0 Å². The molecule has 0 radical (unpaired) electrons. The summed E-state index contributed by atoms with van der Waals surface area (Å²) in [5, 5.41) is 14.8. The van der Waals surface area contributed by atoms with Gasteiger partial charge < -0.3 is 0 Å². The van der Waals surface area contributed by atoms with Gasteiger partial charge in [0.2, 0.25) is 0 Å². The molecule has 5 atom stereocenters. The van der Waals surface area contributed by atoms with Crippen LogP contribution < -0.4 is 26.6 Å². The Hall–Kier alpha value is -2.91. The maximum atomic E-state index is 13.8. The van der Waals surface area contributed by atoms with Gasteiger partial charge in [0.15, 0.2) is 0 Å². The van der Waals surface area contributed by atoms with E-state index in [0.717, 1.165) is 25.9 Å². The summed E-state index contributed by atoms with van der Waals surface area (Å²) in [6, 6.07) is 6.14. The van der Waals surface area contributed by atoms with Gasteiger partial charge >= 0.3 is 256 Å². The van der Waals surface area contributed by atoms with Crippen molar-refractivity contribution in [3.05, 3.63) is 35.9 Å². The van der Waals surface area contributed by atoms with E-state index in [-0.39, 0.29) is 24.8 Å². The zero-order valence-corrected chi connectivity index (χ0v) is 27.5. The van der Waals surface area contributed by atoms with E-state index in [4.69, 9.17) is 0 Å². The van der Waals surface area contributed by atoms with Crippen molar-refractivity contribution in [1.29, 1.82) is 0 Å². The van der Waals surface area contributed by atoms with Gasteiger partial charge in [0.1, 0.15) is 0 Å². The van der Waals surface area contributed by atoms with Crippen molar-refractivity contribution in [2.75, 3.05) is 26.7 Å². The molecule has 0 spiro atoms. The standard InChI is InChI=1S/C30H47AsN6O5/c1-6-22-26(39)35-24(20-10-8-7-9-11-20)28(41)32-15-14-30(4,36-25(38)19(2)3)29(42)34-23(27(40)33-22)18-31-21-12-16-37(5)17-13-21/h7-11,19,21-24,31H,6,12-18H2,1-5H3,(H,32,41)(H,33,40)(H,34,42)(H,35,39)(H,36,38)/t22-,23+,24+,30+/m0/s1. The number of amides is 5. The Bertz CT molecular complexity index is 1110. The molecule has 0 aliphatic carbocycles. The second-order valence-corrected chi connectivity index (χ2v) is 15.3. The summed E-state index contributed by atoms with van der Waals surface area (Å²) in [4.78, 5) is 69.2. The van der Waals surface area contributed by atoms with E-state index in [1.54, 1.807) is 52.0 Å². The third kappa shape index (κ3) is 9.29. The Morgan fingerprint density at radius 1 is 1.00 bits per heavy atom.